The Morgan fingerprint density at radius 2 is 2.26 bits per heavy atom. The molecule has 7 nitrogen and oxygen atoms in total. The van der Waals surface area contributed by atoms with Crippen LogP contribution in [0.1, 0.15) is 12.8 Å². The summed E-state index contributed by atoms with van der Waals surface area (Å²) in [5.41, 5.74) is 0. The molecule has 1 saturated carbocycles. The van der Waals surface area contributed by atoms with Gasteiger partial charge in [-0.05, 0) is 12.8 Å². The Morgan fingerprint density at radius 1 is 1.53 bits per heavy atom. The molecular weight excluding hydrogens is 246 g/mol. The normalized spacial score (nSPS) is 13.8. The number of hydrogen-bond acceptors (Lipinski definition) is 6. The summed E-state index contributed by atoms with van der Waals surface area (Å²) in [4.78, 5) is 21.8. The lowest BCUT2D eigenvalue weighted by atomic mass is 10.4. The molecule has 1 aliphatic rings. The fourth-order valence-electron chi connectivity index (χ4n) is 1.79. The Kier molecular flexibility index (Phi) is 4.03. The SMILES string of the molecule is CNc1ncnc(N(C)CC(=O)NC2CC2)c1OC. The van der Waals surface area contributed by atoms with Crippen molar-refractivity contribution in [2.24, 2.45) is 0 Å². The van der Waals surface area contributed by atoms with Crippen LogP contribution in [0, 0.1) is 0 Å². The van der Waals surface area contributed by atoms with Gasteiger partial charge in [0.25, 0.3) is 0 Å². The molecule has 1 fully saturated rings. The summed E-state index contributed by atoms with van der Waals surface area (Å²) in [7, 11) is 5.12. The van der Waals surface area contributed by atoms with Crippen molar-refractivity contribution >= 4 is 17.5 Å². The molecule has 1 aromatic rings. The number of carbonyl (C=O) groups excluding carboxylic acids is 1. The molecule has 1 amide bonds. The molecule has 0 aliphatic heterocycles. The van der Waals surface area contributed by atoms with E-state index in [1.807, 2.05) is 0 Å². The zero-order valence-electron chi connectivity index (χ0n) is 11.4. The predicted octanol–water partition coefficient (Wildman–Crippen LogP) is 0.242. The van der Waals surface area contributed by atoms with E-state index in [-0.39, 0.29) is 12.5 Å². The smallest absolute Gasteiger partial charge is 0.239 e. The van der Waals surface area contributed by atoms with Crippen molar-refractivity contribution in [3.05, 3.63) is 6.33 Å². The van der Waals surface area contributed by atoms with Crippen LogP contribution in [0.3, 0.4) is 0 Å². The highest BCUT2D eigenvalue weighted by molar-refractivity contribution is 5.82. The van der Waals surface area contributed by atoms with Gasteiger partial charge in [-0.25, -0.2) is 9.97 Å². The van der Waals surface area contributed by atoms with Gasteiger partial charge < -0.3 is 20.3 Å². The van der Waals surface area contributed by atoms with Crippen molar-refractivity contribution in [1.29, 1.82) is 0 Å². The number of rotatable bonds is 6. The molecule has 0 aromatic carbocycles. The molecule has 0 atom stereocenters. The van der Waals surface area contributed by atoms with Gasteiger partial charge in [-0.2, -0.15) is 0 Å². The lowest BCUT2D eigenvalue weighted by molar-refractivity contribution is -0.119. The molecule has 0 unspecified atom stereocenters. The van der Waals surface area contributed by atoms with E-state index in [9.17, 15) is 4.79 Å². The predicted molar refractivity (Wildman–Crippen MR) is 72.6 cm³/mol. The molecule has 7 heteroatoms. The number of carbonyl (C=O) groups is 1. The van der Waals surface area contributed by atoms with Gasteiger partial charge in [-0.3, -0.25) is 4.79 Å². The molecule has 2 N–H and O–H groups in total. The van der Waals surface area contributed by atoms with Crippen LogP contribution in [0.2, 0.25) is 0 Å². The number of nitrogens with one attached hydrogen (secondary N) is 2. The second-order valence-corrected chi connectivity index (χ2v) is 4.53. The molecule has 1 aliphatic carbocycles. The van der Waals surface area contributed by atoms with Crippen LogP contribution >= 0.6 is 0 Å². The molecular formula is C12H19N5O2. The van der Waals surface area contributed by atoms with Gasteiger partial charge in [0.05, 0.1) is 13.7 Å². The lowest BCUT2D eigenvalue weighted by Gasteiger charge is -2.20. The maximum Gasteiger partial charge on any atom is 0.239 e. The average molecular weight is 265 g/mol. The highest BCUT2D eigenvalue weighted by Crippen LogP contribution is 2.30. The van der Waals surface area contributed by atoms with Crippen LogP contribution in [0.4, 0.5) is 11.6 Å². The standard InChI is InChI=1S/C12H19N5O2/c1-13-11-10(19-3)12(15-7-14-11)17(2)6-9(18)16-8-4-5-8/h7-8H,4-6H2,1-3H3,(H,16,18)(H,13,14,15). The first-order valence-electron chi connectivity index (χ1n) is 6.23. The summed E-state index contributed by atoms with van der Waals surface area (Å²) in [5.74, 6) is 1.72. The molecule has 0 bridgehead atoms. The highest BCUT2D eigenvalue weighted by atomic mass is 16.5. The van der Waals surface area contributed by atoms with Crippen LogP contribution in [-0.4, -0.2) is 49.7 Å². The first kappa shape index (κ1) is 13.4. The minimum absolute atomic E-state index is 0.00308. The molecule has 19 heavy (non-hydrogen) atoms. The molecule has 104 valence electrons. The van der Waals surface area contributed by atoms with E-state index in [0.717, 1.165) is 12.8 Å². The quantitative estimate of drug-likeness (QED) is 0.767. The van der Waals surface area contributed by atoms with Crippen molar-refractivity contribution in [3.8, 4) is 5.75 Å². The topological polar surface area (TPSA) is 79.4 Å². The fourth-order valence-corrected chi connectivity index (χ4v) is 1.79. The van der Waals surface area contributed by atoms with E-state index in [2.05, 4.69) is 20.6 Å². The minimum Gasteiger partial charge on any atom is -0.490 e. The van der Waals surface area contributed by atoms with Gasteiger partial charge in [-0.15, -0.1) is 0 Å². The van der Waals surface area contributed by atoms with Crippen molar-refractivity contribution in [2.45, 2.75) is 18.9 Å². The average Bonchev–Trinajstić information content (AvgIpc) is 3.21. The Balaban J connectivity index is 2.08. The van der Waals surface area contributed by atoms with Crippen molar-refractivity contribution in [1.82, 2.24) is 15.3 Å². The zero-order valence-corrected chi connectivity index (χ0v) is 11.4. The summed E-state index contributed by atoms with van der Waals surface area (Å²) >= 11 is 0. The zero-order chi connectivity index (χ0) is 13.8. The number of methoxy groups -OCH3 is 1. The van der Waals surface area contributed by atoms with Crippen molar-refractivity contribution in [3.63, 3.8) is 0 Å². The molecule has 0 saturated heterocycles. The number of amides is 1. The molecule has 2 rings (SSSR count). The van der Waals surface area contributed by atoms with Gasteiger partial charge in [0.15, 0.2) is 11.6 Å². The Labute approximate surface area is 112 Å². The number of hydrogen-bond donors (Lipinski definition) is 2. The van der Waals surface area contributed by atoms with Crippen LogP contribution in [0.15, 0.2) is 6.33 Å². The largest absolute Gasteiger partial charge is 0.490 e. The van der Waals surface area contributed by atoms with E-state index in [0.29, 0.717) is 23.4 Å². The van der Waals surface area contributed by atoms with Gasteiger partial charge in [-0.1, -0.05) is 0 Å². The monoisotopic (exact) mass is 265 g/mol. The second-order valence-electron chi connectivity index (χ2n) is 4.53. The number of ether oxygens (including phenoxy) is 1. The summed E-state index contributed by atoms with van der Waals surface area (Å²) in [5, 5.41) is 5.87. The molecule has 1 heterocycles. The van der Waals surface area contributed by atoms with E-state index < -0.39 is 0 Å². The van der Waals surface area contributed by atoms with E-state index in [1.54, 1.807) is 26.1 Å². The summed E-state index contributed by atoms with van der Waals surface area (Å²) in [6.45, 7) is 0.243. The first-order valence-corrected chi connectivity index (χ1v) is 6.23. The van der Waals surface area contributed by atoms with Crippen LogP contribution in [-0.2, 0) is 4.79 Å². The molecule has 0 radical (unpaired) electrons. The summed E-state index contributed by atoms with van der Waals surface area (Å²) in [6.07, 6.45) is 3.60. The van der Waals surface area contributed by atoms with Crippen LogP contribution in [0.5, 0.6) is 5.75 Å². The summed E-state index contributed by atoms with van der Waals surface area (Å²) < 4.78 is 5.30. The number of nitrogens with zero attached hydrogens (tertiary/aromatic N) is 3. The van der Waals surface area contributed by atoms with Crippen molar-refractivity contribution < 1.29 is 9.53 Å². The Hall–Kier alpha value is -2.05. The van der Waals surface area contributed by atoms with E-state index in [4.69, 9.17) is 4.74 Å². The molecule has 0 spiro atoms. The van der Waals surface area contributed by atoms with Gasteiger partial charge in [0.1, 0.15) is 6.33 Å². The second kappa shape index (κ2) is 5.73. The van der Waals surface area contributed by atoms with Crippen LogP contribution < -0.4 is 20.3 Å². The third-order valence-electron chi connectivity index (χ3n) is 2.91. The maximum atomic E-state index is 11.8. The molecule has 1 aromatic heterocycles. The number of aromatic nitrogens is 2. The maximum absolute atomic E-state index is 11.8. The van der Waals surface area contributed by atoms with Crippen molar-refractivity contribution in [2.75, 3.05) is 38.0 Å². The van der Waals surface area contributed by atoms with E-state index >= 15 is 0 Å². The highest BCUT2D eigenvalue weighted by Gasteiger charge is 2.24. The fraction of sp³-hybridized carbons (Fsp3) is 0.583. The number of likely N-dealkylation sites (N-methyl/N-ethyl adjacent to an activating group) is 1. The minimum atomic E-state index is -0.00308. The van der Waals surface area contributed by atoms with Gasteiger partial charge in [0, 0.05) is 20.1 Å². The Bertz CT molecular complexity index is 461. The van der Waals surface area contributed by atoms with Crippen LogP contribution in [0.25, 0.3) is 0 Å². The lowest BCUT2D eigenvalue weighted by Crippen LogP contribution is -2.36. The van der Waals surface area contributed by atoms with E-state index in [1.165, 1.54) is 6.33 Å². The van der Waals surface area contributed by atoms with Gasteiger partial charge in [0.2, 0.25) is 11.7 Å². The third-order valence-corrected chi connectivity index (χ3v) is 2.91. The number of anilines is 2. The third kappa shape index (κ3) is 3.24. The van der Waals surface area contributed by atoms with Gasteiger partial charge >= 0.3 is 0 Å². The summed E-state index contributed by atoms with van der Waals surface area (Å²) in [6, 6.07) is 0.362. The first-order chi connectivity index (χ1) is 9.15. The Morgan fingerprint density at radius 3 is 2.84 bits per heavy atom.